The molecule has 0 spiro atoms. The zero-order chi connectivity index (χ0) is 14.5. The summed E-state index contributed by atoms with van der Waals surface area (Å²) in [7, 11) is 1.46. The molecule has 4 nitrogen and oxygen atoms in total. The number of benzene rings is 2. The van der Waals surface area contributed by atoms with Gasteiger partial charge in [0.05, 0.1) is 12.8 Å². The number of aliphatic hydroxyl groups is 1. The molecule has 0 aliphatic heterocycles. The number of aliphatic hydroxyl groups excluding tert-OH is 1. The summed E-state index contributed by atoms with van der Waals surface area (Å²) in [6.07, 6.45) is 0.574. The van der Waals surface area contributed by atoms with E-state index in [9.17, 15) is 4.39 Å². The van der Waals surface area contributed by atoms with E-state index < -0.39 is 5.82 Å². The van der Waals surface area contributed by atoms with E-state index in [1.807, 2.05) is 12.1 Å². The van der Waals surface area contributed by atoms with Crippen LogP contribution in [0.15, 0.2) is 36.4 Å². The first-order valence-corrected chi connectivity index (χ1v) is 6.14. The predicted octanol–water partition coefficient (Wildman–Crippen LogP) is 2.74. The summed E-state index contributed by atoms with van der Waals surface area (Å²) in [5, 5.41) is 8.84. The third-order valence-electron chi connectivity index (χ3n) is 2.84. The van der Waals surface area contributed by atoms with Crippen LogP contribution in [0.4, 0.5) is 10.1 Å². The van der Waals surface area contributed by atoms with E-state index in [4.69, 9.17) is 20.3 Å². The van der Waals surface area contributed by atoms with Crippen LogP contribution in [-0.2, 0) is 6.42 Å². The molecule has 3 N–H and O–H groups in total. The second kappa shape index (κ2) is 6.25. The van der Waals surface area contributed by atoms with Crippen LogP contribution in [0.5, 0.6) is 17.2 Å². The lowest BCUT2D eigenvalue weighted by Crippen LogP contribution is -1.96. The van der Waals surface area contributed by atoms with Crippen molar-refractivity contribution in [2.24, 2.45) is 0 Å². The van der Waals surface area contributed by atoms with Crippen LogP contribution in [0, 0.1) is 5.82 Å². The highest BCUT2D eigenvalue weighted by Crippen LogP contribution is 2.32. The summed E-state index contributed by atoms with van der Waals surface area (Å²) >= 11 is 0. The van der Waals surface area contributed by atoms with Crippen LogP contribution in [0.2, 0.25) is 0 Å². The second-order valence-corrected chi connectivity index (χ2v) is 4.24. The van der Waals surface area contributed by atoms with Gasteiger partial charge in [-0.25, -0.2) is 4.39 Å². The fourth-order valence-corrected chi connectivity index (χ4v) is 1.79. The van der Waals surface area contributed by atoms with Crippen molar-refractivity contribution in [1.82, 2.24) is 0 Å². The summed E-state index contributed by atoms with van der Waals surface area (Å²) < 4.78 is 24.3. The van der Waals surface area contributed by atoms with Crippen molar-refractivity contribution in [1.29, 1.82) is 0 Å². The smallest absolute Gasteiger partial charge is 0.168 e. The van der Waals surface area contributed by atoms with Crippen molar-refractivity contribution >= 4 is 5.69 Å². The second-order valence-electron chi connectivity index (χ2n) is 4.24. The maximum Gasteiger partial charge on any atom is 0.168 e. The van der Waals surface area contributed by atoms with Crippen LogP contribution in [-0.4, -0.2) is 18.8 Å². The SMILES string of the molecule is COc1cc(Oc2ccc(CCO)cc2)c(F)cc1N. The monoisotopic (exact) mass is 277 g/mol. The molecule has 2 aromatic rings. The fourth-order valence-electron chi connectivity index (χ4n) is 1.79. The molecule has 2 aromatic carbocycles. The van der Waals surface area contributed by atoms with Gasteiger partial charge < -0.3 is 20.3 Å². The molecule has 0 bridgehead atoms. The molecule has 0 saturated heterocycles. The van der Waals surface area contributed by atoms with Crippen LogP contribution in [0.25, 0.3) is 0 Å². The minimum Gasteiger partial charge on any atom is -0.494 e. The first-order valence-electron chi connectivity index (χ1n) is 6.14. The number of hydrogen-bond donors (Lipinski definition) is 2. The van der Waals surface area contributed by atoms with Gasteiger partial charge in [0.2, 0.25) is 0 Å². The van der Waals surface area contributed by atoms with Gasteiger partial charge in [0.15, 0.2) is 11.6 Å². The normalized spacial score (nSPS) is 10.3. The van der Waals surface area contributed by atoms with E-state index in [1.54, 1.807) is 12.1 Å². The van der Waals surface area contributed by atoms with Gasteiger partial charge in [-0.15, -0.1) is 0 Å². The average molecular weight is 277 g/mol. The van der Waals surface area contributed by atoms with Crippen LogP contribution in [0.3, 0.4) is 0 Å². The average Bonchev–Trinajstić information content (AvgIpc) is 2.44. The molecule has 20 heavy (non-hydrogen) atoms. The van der Waals surface area contributed by atoms with Gasteiger partial charge in [0, 0.05) is 18.7 Å². The van der Waals surface area contributed by atoms with E-state index in [1.165, 1.54) is 13.2 Å². The number of methoxy groups -OCH3 is 1. The summed E-state index contributed by atoms with van der Waals surface area (Å²) in [6, 6.07) is 9.64. The standard InChI is InChI=1S/C15H16FNO3/c1-19-15-9-14(12(16)8-13(15)17)20-11-4-2-10(3-5-11)6-7-18/h2-5,8-9,18H,6-7,17H2,1H3. The number of anilines is 1. The van der Waals surface area contributed by atoms with Crippen molar-refractivity contribution in [3.63, 3.8) is 0 Å². The lowest BCUT2D eigenvalue weighted by Gasteiger charge is -2.11. The molecule has 0 atom stereocenters. The van der Waals surface area contributed by atoms with E-state index in [2.05, 4.69) is 0 Å². The van der Waals surface area contributed by atoms with Crippen molar-refractivity contribution in [2.45, 2.75) is 6.42 Å². The molecule has 2 rings (SSSR count). The number of ether oxygens (including phenoxy) is 2. The Morgan fingerprint density at radius 1 is 1.15 bits per heavy atom. The Hall–Kier alpha value is -2.27. The first kappa shape index (κ1) is 14.1. The number of hydrogen-bond acceptors (Lipinski definition) is 4. The highest BCUT2D eigenvalue weighted by molar-refractivity contribution is 5.56. The van der Waals surface area contributed by atoms with Gasteiger partial charge in [-0.05, 0) is 24.1 Å². The highest BCUT2D eigenvalue weighted by atomic mass is 19.1. The Kier molecular flexibility index (Phi) is 4.42. The third kappa shape index (κ3) is 3.19. The van der Waals surface area contributed by atoms with Crippen LogP contribution < -0.4 is 15.2 Å². The Balaban J connectivity index is 2.21. The van der Waals surface area contributed by atoms with Gasteiger partial charge in [0.1, 0.15) is 11.5 Å². The third-order valence-corrected chi connectivity index (χ3v) is 2.84. The maximum atomic E-state index is 13.8. The maximum absolute atomic E-state index is 13.8. The molecule has 0 aliphatic rings. The van der Waals surface area contributed by atoms with E-state index in [-0.39, 0.29) is 18.0 Å². The molecule has 0 heterocycles. The first-order chi connectivity index (χ1) is 9.63. The number of halogens is 1. The van der Waals surface area contributed by atoms with Crippen molar-refractivity contribution in [3.8, 4) is 17.2 Å². The molecule has 0 radical (unpaired) electrons. The zero-order valence-electron chi connectivity index (χ0n) is 11.1. The van der Waals surface area contributed by atoms with E-state index in [0.717, 1.165) is 11.6 Å². The molecule has 0 aliphatic carbocycles. The molecule has 5 heteroatoms. The van der Waals surface area contributed by atoms with Crippen LogP contribution >= 0.6 is 0 Å². The van der Waals surface area contributed by atoms with Crippen LogP contribution in [0.1, 0.15) is 5.56 Å². The zero-order valence-corrected chi connectivity index (χ0v) is 11.1. The minimum absolute atomic E-state index is 0.0472. The van der Waals surface area contributed by atoms with Gasteiger partial charge in [-0.1, -0.05) is 12.1 Å². The largest absolute Gasteiger partial charge is 0.494 e. The van der Waals surface area contributed by atoms with Gasteiger partial charge in [0.25, 0.3) is 0 Å². The van der Waals surface area contributed by atoms with Crippen molar-refractivity contribution in [2.75, 3.05) is 19.5 Å². The lowest BCUT2D eigenvalue weighted by molar-refractivity contribution is 0.299. The molecule has 106 valence electrons. The highest BCUT2D eigenvalue weighted by Gasteiger charge is 2.10. The van der Waals surface area contributed by atoms with E-state index >= 15 is 0 Å². The summed E-state index contributed by atoms with van der Waals surface area (Å²) in [5.74, 6) is 0.351. The summed E-state index contributed by atoms with van der Waals surface area (Å²) in [6.45, 7) is 0.0873. The predicted molar refractivity (Wildman–Crippen MR) is 74.7 cm³/mol. The summed E-state index contributed by atoms with van der Waals surface area (Å²) in [5.41, 5.74) is 6.80. The Morgan fingerprint density at radius 2 is 1.85 bits per heavy atom. The number of rotatable bonds is 5. The molecule has 0 saturated carbocycles. The molecule has 0 aromatic heterocycles. The molecule has 0 amide bonds. The molecule has 0 unspecified atom stereocenters. The fraction of sp³-hybridized carbons (Fsp3) is 0.200. The van der Waals surface area contributed by atoms with Crippen molar-refractivity contribution in [3.05, 3.63) is 47.8 Å². The number of nitrogen functional groups attached to an aromatic ring is 1. The van der Waals surface area contributed by atoms with Gasteiger partial charge in [-0.3, -0.25) is 0 Å². The summed E-state index contributed by atoms with van der Waals surface area (Å²) in [4.78, 5) is 0. The Morgan fingerprint density at radius 3 is 2.45 bits per heavy atom. The Labute approximate surface area is 116 Å². The molecular weight excluding hydrogens is 261 g/mol. The molecule has 0 fully saturated rings. The van der Waals surface area contributed by atoms with Crippen molar-refractivity contribution < 1.29 is 19.0 Å². The van der Waals surface area contributed by atoms with E-state index in [0.29, 0.717) is 17.9 Å². The molecular formula is C15H16FNO3. The quantitative estimate of drug-likeness (QED) is 0.825. The minimum atomic E-state index is -0.553. The van der Waals surface area contributed by atoms with Gasteiger partial charge >= 0.3 is 0 Å². The number of nitrogens with two attached hydrogens (primary N) is 1. The Bertz CT molecular complexity index is 584. The van der Waals surface area contributed by atoms with Gasteiger partial charge in [-0.2, -0.15) is 0 Å². The lowest BCUT2D eigenvalue weighted by atomic mass is 10.1. The topological polar surface area (TPSA) is 64.7 Å².